The molecule has 0 aromatic rings. The summed E-state index contributed by atoms with van der Waals surface area (Å²) < 4.78 is 0. The lowest BCUT2D eigenvalue weighted by molar-refractivity contribution is -0.148. The summed E-state index contributed by atoms with van der Waals surface area (Å²) in [7, 11) is 5.88. The van der Waals surface area contributed by atoms with E-state index < -0.39 is 35.8 Å². The van der Waals surface area contributed by atoms with Gasteiger partial charge in [-0.15, -0.1) is 0 Å². The Kier molecular flexibility index (Phi) is 10.3. The van der Waals surface area contributed by atoms with Gasteiger partial charge in [-0.2, -0.15) is 0 Å². The second kappa shape index (κ2) is 11.3. The van der Waals surface area contributed by atoms with Crippen molar-refractivity contribution in [2.24, 2.45) is 0 Å². The SMILES string of the molecule is CN(C)C(=O)C(NCCNCCNC(C(=O)O)C(=O)N(C)C)C(=O)O. The van der Waals surface area contributed by atoms with Gasteiger partial charge in [-0.05, 0) is 0 Å². The van der Waals surface area contributed by atoms with Gasteiger partial charge in [-0.25, -0.2) is 9.59 Å². The average molecular weight is 361 g/mol. The van der Waals surface area contributed by atoms with Crippen molar-refractivity contribution in [3.8, 4) is 0 Å². The lowest BCUT2D eigenvalue weighted by Crippen LogP contribution is -2.51. The fourth-order valence-corrected chi connectivity index (χ4v) is 1.81. The zero-order valence-corrected chi connectivity index (χ0v) is 14.9. The number of nitrogens with zero attached hydrogens (tertiary/aromatic N) is 2. The van der Waals surface area contributed by atoms with E-state index in [-0.39, 0.29) is 13.1 Å². The van der Waals surface area contributed by atoms with Gasteiger partial charge in [0.2, 0.25) is 0 Å². The molecule has 0 aromatic heterocycles. The van der Waals surface area contributed by atoms with Crippen LogP contribution in [0.15, 0.2) is 0 Å². The Morgan fingerprint density at radius 1 is 0.720 bits per heavy atom. The first-order chi connectivity index (χ1) is 11.6. The summed E-state index contributed by atoms with van der Waals surface area (Å²) in [6.07, 6.45) is 0. The van der Waals surface area contributed by atoms with Crippen molar-refractivity contribution in [3.05, 3.63) is 0 Å². The topological polar surface area (TPSA) is 151 Å². The van der Waals surface area contributed by atoms with E-state index in [9.17, 15) is 19.2 Å². The highest BCUT2D eigenvalue weighted by atomic mass is 16.4. The van der Waals surface area contributed by atoms with E-state index in [0.717, 1.165) is 0 Å². The highest BCUT2D eigenvalue weighted by Crippen LogP contribution is 1.91. The van der Waals surface area contributed by atoms with Crippen molar-refractivity contribution in [3.63, 3.8) is 0 Å². The van der Waals surface area contributed by atoms with E-state index in [1.807, 2.05) is 0 Å². The third-order valence-electron chi connectivity index (χ3n) is 3.17. The molecular weight excluding hydrogens is 334 g/mol. The molecule has 0 aliphatic carbocycles. The third-order valence-corrected chi connectivity index (χ3v) is 3.17. The lowest BCUT2D eigenvalue weighted by atomic mass is 10.2. The average Bonchev–Trinajstić information content (AvgIpc) is 2.51. The minimum absolute atomic E-state index is 0.232. The largest absolute Gasteiger partial charge is 0.480 e. The molecule has 0 fully saturated rings. The zero-order valence-electron chi connectivity index (χ0n) is 14.9. The van der Waals surface area contributed by atoms with Crippen LogP contribution in [0.4, 0.5) is 0 Å². The van der Waals surface area contributed by atoms with Gasteiger partial charge in [0.15, 0.2) is 12.1 Å². The van der Waals surface area contributed by atoms with Crippen LogP contribution in [0.5, 0.6) is 0 Å². The van der Waals surface area contributed by atoms with E-state index >= 15 is 0 Å². The number of carboxylic acids is 2. The molecule has 0 rings (SSSR count). The third kappa shape index (κ3) is 8.42. The van der Waals surface area contributed by atoms with Crippen LogP contribution in [0.2, 0.25) is 0 Å². The molecule has 0 bridgehead atoms. The molecule has 5 N–H and O–H groups in total. The molecule has 0 spiro atoms. The number of hydrogen-bond acceptors (Lipinski definition) is 7. The molecule has 0 radical (unpaired) electrons. The second-order valence-corrected chi connectivity index (χ2v) is 5.67. The van der Waals surface area contributed by atoms with Crippen LogP contribution in [-0.2, 0) is 19.2 Å². The van der Waals surface area contributed by atoms with Crippen molar-refractivity contribution in [2.75, 3.05) is 54.4 Å². The minimum Gasteiger partial charge on any atom is -0.480 e. The highest BCUT2D eigenvalue weighted by Gasteiger charge is 2.27. The normalized spacial score (nSPS) is 13.0. The van der Waals surface area contributed by atoms with Gasteiger partial charge in [-0.1, -0.05) is 0 Å². The fraction of sp³-hybridized carbons (Fsp3) is 0.714. The Morgan fingerprint density at radius 2 is 1.04 bits per heavy atom. The van der Waals surface area contributed by atoms with Gasteiger partial charge in [0.1, 0.15) is 0 Å². The molecule has 144 valence electrons. The number of carbonyl (C=O) groups is 4. The highest BCUT2D eigenvalue weighted by molar-refractivity contribution is 6.01. The van der Waals surface area contributed by atoms with Gasteiger partial charge in [-0.3, -0.25) is 20.2 Å². The second-order valence-electron chi connectivity index (χ2n) is 5.67. The maximum absolute atomic E-state index is 11.7. The maximum Gasteiger partial charge on any atom is 0.330 e. The Morgan fingerprint density at radius 3 is 1.28 bits per heavy atom. The number of carboxylic acid groups (broad SMARTS) is 2. The van der Waals surface area contributed by atoms with Gasteiger partial charge < -0.3 is 25.3 Å². The molecule has 0 saturated carbocycles. The number of amides is 2. The molecule has 25 heavy (non-hydrogen) atoms. The number of likely N-dealkylation sites (N-methyl/N-ethyl adjacent to an activating group) is 2. The van der Waals surface area contributed by atoms with Crippen LogP contribution >= 0.6 is 0 Å². The van der Waals surface area contributed by atoms with E-state index in [4.69, 9.17) is 10.2 Å². The summed E-state index contributed by atoms with van der Waals surface area (Å²) in [5.41, 5.74) is 0. The predicted octanol–water partition coefficient (Wildman–Crippen LogP) is -3.16. The molecule has 11 nitrogen and oxygen atoms in total. The molecule has 0 heterocycles. The van der Waals surface area contributed by atoms with Crippen molar-refractivity contribution in [2.45, 2.75) is 12.1 Å². The van der Waals surface area contributed by atoms with Crippen molar-refractivity contribution >= 4 is 23.8 Å². The predicted molar refractivity (Wildman–Crippen MR) is 89.1 cm³/mol. The van der Waals surface area contributed by atoms with E-state index in [1.165, 1.54) is 38.0 Å². The summed E-state index contributed by atoms with van der Waals surface area (Å²) in [6, 6.07) is -2.63. The molecule has 0 aliphatic heterocycles. The van der Waals surface area contributed by atoms with Gasteiger partial charge in [0.05, 0.1) is 0 Å². The molecule has 0 saturated heterocycles. The first-order valence-electron chi connectivity index (χ1n) is 7.65. The number of nitrogens with one attached hydrogen (secondary N) is 3. The smallest absolute Gasteiger partial charge is 0.330 e. The molecule has 11 heteroatoms. The fourth-order valence-electron chi connectivity index (χ4n) is 1.81. The van der Waals surface area contributed by atoms with Crippen LogP contribution in [0.1, 0.15) is 0 Å². The Bertz CT molecular complexity index is 440. The molecule has 2 atom stereocenters. The minimum atomic E-state index is -1.32. The number of carbonyl (C=O) groups excluding carboxylic acids is 2. The molecule has 2 unspecified atom stereocenters. The summed E-state index contributed by atoms with van der Waals surface area (Å²) in [6.45, 7) is 1.20. The van der Waals surface area contributed by atoms with E-state index in [2.05, 4.69) is 16.0 Å². The maximum atomic E-state index is 11.7. The number of hydrogen-bond donors (Lipinski definition) is 5. The molecule has 0 aromatic carbocycles. The summed E-state index contributed by atoms with van der Waals surface area (Å²) in [5, 5.41) is 26.2. The lowest BCUT2D eigenvalue weighted by Gasteiger charge is -2.19. The van der Waals surface area contributed by atoms with Crippen LogP contribution < -0.4 is 16.0 Å². The van der Waals surface area contributed by atoms with Gasteiger partial charge in [0, 0.05) is 54.4 Å². The zero-order chi connectivity index (χ0) is 19.6. The first-order valence-corrected chi connectivity index (χ1v) is 7.65. The summed E-state index contributed by atoms with van der Waals surface area (Å²) in [5.74, 6) is -3.62. The molecule has 0 aliphatic rings. The first kappa shape index (κ1) is 22.8. The standard InChI is InChI=1S/C14H27N5O6/c1-18(2)11(20)9(13(22)23)16-7-5-15-6-8-17-10(14(24)25)12(21)19(3)4/h9-10,15-17H,5-8H2,1-4H3,(H,22,23)(H,24,25). The van der Waals surface area contributed by atoms with E-state index in [1.54, 1.807) is 0 Å². The Balaban J connectivity index is 4.09. The van der Waals surface area contributed by atoms with Crippen molar-refractivity contribution in [1.82, 2.24) is 25.8 Å². The summed E-state index contributed by atoms with van der Waals surface area (Å²) >= 11 is 0. The van der Waals surface area contributed by atoms with E-state index in [0.29, 0.717) is 13.1 Å². The monoisotopic (exact) mass is 361 g/mol. The molecule has 2 amide bonds. The van der Waals surface area contributed by atoms with Crippen LogP contribution in [0.25, 0.3) is 0 Å². The summed E-state index contributed by atoms with van der Waals surface area (Å²) in [4.78, 5) is 47.8. The van der Waals surface area contributed by atoms with Crippen molar-refractivity contribution < 1.29 is 29.4 Å². The van der Waals surface area contributed by atoms with Crippen molar-refractivity contribution in [1.29, 1.82) is 0 Å². The number of rotatable bonds is 12. The van der Waals surface area contributed by atoms with Gasteiger partial charge >= 0.3 is 11.9 Å². The van der Waals surface area contributed by atoms with Crippen LogP contribution in [-0.4, -0.2) is 110 Å². The Labute approximate surface area is 146 Å². The number of aliphatic carboxylic acids is 2. The molecular formula is C14H27N5O6. The Hall–Kier alpha value is -2.24. The van der Waals surface area contributed by atoms with Crippen LogP contribution in [0.3, 0.4) is 0 Å². The van der Waals surface area contributed by atoms with Gasteiger partial charge in [0.25, 0.3) is 11.8 Å². The quantitative estimate of drug-likeness (QED) is 0.179. The van der Waals surface area contributed by atoms with Crippen LogP contribution in [0, 0.1) is 0 Å².